The van der Waals surface area contributed by atoms with Crippen LogP contribution in [0.5, 0.6) is 0 Å². The molecule has 3 aromatic rings. The predicted octanol–water partition coefficient (Wildman–Crippen LogP) is 3.71. The molecule has 0 aliphatic heterocycles. The van der Waals surface area contributed by atoms with Gasteiger partial charge in [0.2, 0.25) is 0 Å². The van der Waals surface area contributed by atoms with Gasteiger partial charge in [-0.1, -0.05) is 25.1 Å². The van der Waals surface area contributed by atoms with E-state index in [1.165, 1.54) is 0 Å². The number of rotatable bonds is 7. The number of anilines is 1. The van der Waals surface area contributed by atoms with E-state index in [-0.39, 0.29) is 6.54 Å². The molecule has 2 aromatic heterocycles. The van der Waals surface area contributed by atoms with E-state index in [0.29, 0.717) is 12.1 Å². The van der Waals surface area contributed by atoms with Crippen molar-refractivity contribution in [1.29, 1.82) is 0 Å². The van der Waals surface area contributed by atoms with E-state index in [9.17, 15) is 4.79 Å². The van der Waals surface area contributed by atoms with Gasteiger partial charge in [-0.2, -0.15) is 0 Å². The van der Waals surface area contributed by atoms with Gasteiger partial charge in [-0.05, 0) is 43.0 Å². The first-order valence-electron chi connectivity index (χ1n) is 9.17. The molecule has 7 heteroatoms. The summed E-state index contributed by atoms with van der Waals surface area (Å²) in [4.78, 5) is 23.6. The number of carboxylic acids is 1. The van der Waals surface area contributed by atoms with Crippen molar-refractivity contribution in [2.24, 2.45) is 0 Å². The molecule has 4 rings (SSSR count). The molecule has 0 bridgehead atoms. The maximum absolute atomic E-state index is 11.0. The Labute approximate surface area is 161 Å². The van der Waals surface area contributed by atoms with E-state index in [1.54, 1.807) is 11.3 Å². The van der Waals surface area contributed by atoms with Gasteiger partial charge in [0.15, 0.2) is 5.82 Å². The van der Waals surface area contributed by atoms with E-state index in [2.05, 4.69) is 5.32 Å². The van der Waals surface area contributed by atoms with Crippen LogP contribution in [0.4, 0.5) is 5.82 Å². The number of likely N-dealkylation sites (N-methyl/N-ethyl adjacent to an activating group) is 1. The number of aliphatic carboxylic acids is 1. The number of fused-ring (bicyclic) bond motifs is 1. The summed E-state index contributed by atoms with van der Waals surface area (Å²) in [5.74, 6) is 0.826. The number of para-hydroxylation sites is 1. The Bertz CT molecular complexity index is 938. The Hall–Kier alpha value is -2.51. The number of nitrogens with one attached hydrogen (secondary N) is 1. The summed E-state index contributed by atoms with van der Waals surface area (Å²) < 4.78 is 0. The maximum Gasteiger partial charge on any atom is 0.317 e. The second kappa shape index (κ2) is 7.62. The number of aromatic nitrogens is 2. The third-order valence-corrected chi connectivity index (χ3v) is 5.93. The molecule has 140 valence electrons. The van der Waals surface area contributed by atoms with Crippen LogP contribution in [0.3, 0.4) is 0 Å². The smallest absolute Gasteiger partial charge is 0.317 e. The van der Waals surface area contributed by atoms with Crippen molar-refractivity contribution >= 4 is 34.0 Å². The minimum absolute atomic E-state index is 0.104. The standard InChI is InChI=1S/C20H22N4O2S/c1-2-24(12-18(25)26)14-10-13(11-14)21-19-15-6-3-4-7-16(15)22-20(23-19)17-8-5-9-27-17/h3-9,13-14H,2,10-12H2,1H3,(H,25,26)(H,21,22,23). The Morgan fingerprint density at radius 1 is 1.26 bits per heavy atom. The van der Waals surface area contributed by atoms with Gasteiger partial charge in [-0.15, -0.1) is 11.3 Å². The first-order chi connectivity index (χ1) is 13.1. The monoisotopic (exact) mass is 382 g/mol. The fraction of sp³-hybridized carbons (Fsp3) is 0.350. The normalized spacial score (nSPS) is 19.2. The van der Waals surface area contributed by atoms with Crippen LogP contribution in [0.2, 0.25) is 0 Å². The molecule has 27 heavy (non-hydrogen) atoms. The highest BCUT2D eigenvalue weighted by Gasteiger charge is 2.34. The van der Waals surface area contributed by atoms with Gasteiger partial charge in [0.25, 0.3) is 0 Å². The molecule has 0 spiro atoms. The van der Waals surface area contributed by atoms with Gasteiger partial charge in [0, 0.05) is 17.5 Å². The number of carbonyl (C=O) groups is 1. The van der Waals surface area contributed by atoms with Gasteiger partial charge in [0.05, 0.1) is 16.9 Å². The van der Waals surface area contributed by atoms with Gasteiger partial charge in [0.1, 0.15) is 5.82 Å². The molecule has 1 fully saturated rings. The van der Waals surface area contributed by atoms with Crippen molar-refractivity contribution in [2.75, 3.05) is 18.4 Å². The third kappa shape index (κ3) is 3.79. The fourth-order valence-corrected chi connectivity index (χ4v) is 4.23. The fourth-order valence-electron chi connectivity index (χ4n) is 3.57. The van der Waals surface area contributed by atoms with Crippen LogP contribution in [-0.4, -0.2) is 51.1 Å². The summed E-state index contributed by atoms with van der Waals surface area (Å²) in [6.07, 6.45) is 1.85. The SMILES string of the molecule is CCN(CC(=O)O)C1CC(Nc2nc(-c3cccs3)nc3ccccc23)C1. The van der Waals surface area contributed by atoms with E-state index >= 15 is 0 Å². The predicted molar refractivity (Wildman–Crippen MR) is 108 cm³/mol. The highest BCUT2D eigenvalue weighted by molar-refractivity contribution is 7.13. The molecule has 1 aliphatic rings. The quantitative estimate of drug-likeness (QED) is 0.649. The minimum atomic E-state index is -0.768. The molecule has 2 heterocycles. The lowest BCUT2D eigenvalue weighted by molar-refractivity contribution is -0.139. The lowest BCUT2D eigenvalue weighted by Gasteiger charge is -2.42. The Kier molecular flexibility index (Phi) is 5.05. The topological polar surface area (TPSA) is 78.4 Å². The number of hydrogen-bond donors (Lipinski definition) is 2. The zero-order chi connectivity index (χ0) is 18.8. The average Bonchev–Trinajstić information content (AvgIpc) is 3.17. The highest BCUT2D eigenvalue weighted by atomic mass is 32.1. The van der Waals surface area contributed by atoms with Crippen LogP contribution in [0.1, 0.15) is 19.8 Å². The van der Waals surface area contributed by atoms with Crippen molar-refractivity contribution in [2.45, 2.75) is 31.8 Å². The molecule has 1 aliphatic carbocycles. The van der Waals surface area contributed by atoms with Crippen LogP contribution in [0, 0.1) is 0 Å². The molecule has 2 N–H and O–H groups in total. The molecule has 1 aromatic carbocycles. The van der Waals surface area contributed by atoms with Crippen molar-refractivity contribution in [1.82, 2.24) is 14.9 Å². The van der Waals surface area contributed by atoms with E-state index in [1.807, 2.05) is 53.6 Å². The zero-order valence-corrected chi connectivity index (χ0v) is 15.9. The molecular weight excluding hydrogens is 360 g/mol. The molecule has 0 radical (unpaired) electrons. The lowest BCUT2D eigenvalue weighted by Crippen LogP contribution is -2.51. The molecule has 6 nitrogen and oxygen atoms in total. The lowest BCUT2D eigenvalue weighted by atomic mass is 9.85. The zero-order valence-electron chi connectivity index (χ0n) is 15.1. The largest absolute Gasteiger partial charge is 0.480 e. The van der Waals surface area contributed by atoms with Crippen LogP contribution in [0.25, 0.3) is 21.6 Å². The summed E-state index contributed by atoms with van der Waals surface area (Å²) >= 11 is 1.63. The van der Waals surface area contributed by atoms with Gasteiger partial charge in [-0.25, -0.2) is 9.97 Å². The van der Waals surface area contributed by atoms with Crippen molar-refractivity contribution < 1.29 is 9.90 Å². The third-order valence-electron chi connectivity index (χ3n) is 5.06. The number of hydrogen-bond acceptors (Lipinski definition) is 6. The Morgan fingerprint density at radius 3 is 2.78 bits per heavy atom. The summed E-state index contributed by atoms with van der Waals surface area (Å²) in [7, 11) is 0. The molecule has 0 unspecified atom stereocenters. The molecule has 0 atom stereocenters. The second-order valence-corrected chi connectivity index (χ2v) is 7.76. The van der Waals surface area contributed by atoms with Gasteiger partial charge >= 0.3 is 5.97 Å². The average molecular weight is 382 g/mol. The van der Waals surface area contributed by atoms with E-state index in [4.69, 9.17) is 15.1 Å². The highest BCUT2D eigenvalue weighted by Crippen LogP contribution is 2.32. The van der Waals surface area contributed by atoms with Crippen LogP contribution >= 0.6 is 11.3 Å². The van der Waals surface area contributed by atoms with E-state index < -0.39 is 5.97 Å². The van der Waals surface area contributed by atoms with Crippen molar-refractivity contribution in [3.05, 3.63) is 41.8 Å². The number of thiophene rings is 1. The molecular formula is C20H22N4O2S. The molecule has 1 saturated carbocycles. The van der Waals surface area contributed by atoms with Crippen molar-refractivity contribution in [3.8, 4) is 10.7 Å². The number of carboxylic acid groups (broad SMARTS) is 1. The van der Waals surface area contributed by atoms with Crippen LogP contribution < -0.4 is 5.32 Å². The van der Waals surface area contributed by atoms with Crippen LogP contribution in [0.15, 0.2) is 41.8 Å². The van der Waals surface area contributed by atoms with Crippen molar-refractivity contribution in [3.63, 3.8) is 0 Å². The Balaban J connectivity index is 1.53. The summed E-state index contributed by atoms with van der Waals surface area (Å²) in [6, 6.07) is 12.7. The summed E-state index contributed by atoms with van der Waals surface area (Å²) in [6.45, 7) is 2.87. The maximum atomic E-state index is 11.0. The first-order valence-corrected chi connectivity index (χ1v) is 10.0. The summed E-state index contributed by atoms with van der Waals surface area (Å²) in [5, 5.41) is 15.7. The number of benzene rings is 1. The van der Waals surface area contributed by atoms with Crippen LogP contribution in [-0.2, 0) is 4.79 Å². The Morgan fingerprint density at radius 2 is 2.07 bits per heavy atom. The number of nitrogens with zero attached hydrogens (tertiary/aromatic N) is 3. The molecule has 0 amide bonds. The second-order valence-electron chi connectivity index (χ2n) is 6.81. The first kappa shape index (κ1) is 17.9. The summed E-state index contributed by atoms with van der Waals surface area (Å²) in [5.41, 5.74) is 0.926. The van der Waals surface area contributed by atoms with Gasteiger partial charge in [-0.3, -0.25) is 9.69 Å². The van der Waals surface area contributed by atoms with E-state index in [0.717, 1.165) is 46.8 Å². The minimum Gasteiger partial charge on any atom is -0.480 e. The molecule has 0 saturated heterocycles. The van der Waals surface area contributed by atoms with Gasteiger partial charge < -0.3 is 10.4 Å².